The molecular weight excluding hydrogens is 1030 g/mol. The molecule has 19 nitrogen and oxygen atoms in total. The van der Waals surface area contributed by atoms with E-state index in [1.807, 2.05) is 36.5 Å². The number of nitrogen functional groups attached to an aromatic ring is 1. The third kappa shape index (κ3) is 31.3. The van der Waals surface area contributed by atoms with Gasteiger partial charge in [-0.2, -0.15) is 9.29 Å². The summed E-state index contributed by atoms with van der Waals surface area (Å²) < 4.78 is 62.3. The van der Waals surface area contributed by atoms with E-state index in [1.54, 1.807) is 6.08 Å². The number of anilines is 1. The van der Waals surface area contributed by atoms with Crippen molar-refractivity contribution in [3.8, 4) is 0 Å². The van der Waals surface area contributed by atoms with Gasteiger partial charge in [0, 0.05) is 19.0 Å². The summed E-state index contributed by atoms with van der Waals surface area (Å²) in [5, 5.41) is 20.9. The molecule has 6 N–H and O–H groups in total. The number of phosphoric ester groups is 2. The highest BCUT2D eigenvalue weighted by atomic mass is 31.3. The Kier molecular flexibility index (Phi) is 34.0. The molecule has 428 valence electrons. The molecule has 0 saturated carbocycles. The van der Waals surface area contributed by atoms with E-state index in [9.17, 15) is 43.5 Å². The minimum Gasteiger partial charge on any atom is -0.462 e. The van der Waals surface area contributed by atoms with Crippen LogP contribution in [0.3, 0.4) is 0 Å². The van der Waals surface area contributed by atoms with Crippen LogP contribution in [0.4, 0.5) is 5.82 Å². The Morgan fingerprint density at radius 3 is 1.68 bits per heavy atom. The number of esters is 2. The van der Waals surface area contributed by atoms with Gasteiger partial charge in [0.1, 0.15) is 30.7 Å². The Labute approximate surface area is 454 Å². The molecule has 21 heteroatoms. The van der Waals surface area contributed by atoms with Crippen molar-refractivity contribution in [2.75, 3.05) is 25.6 Å². The zero-order valence-electron chi connectivity index (χ0n) is 44.6. The molecule has 0 spiro atoms. The molecule has 3 heterocycles. The Morgan fingerprint density at radius 2 is 1.14 bits per heavy atom. The topological polar surface area (TPSA) is 278 Å². The first-order chi connectivity index (χ1) is 37.1. The van der Waals surface area contributed by atoms with Crippen molar-refractivity contribution >= 4 is 33.4 Å². The number of aliphatic hydroxyl groups is 2. The second-order valence-electron chi connectivity index (χ2n) is 18.0. The summed E-state index contributed by atoms with van der Waals surface area (Å²) in [7, 11) is -10.9. The standard InChI is InChI=1S/C56H83N3O16P2/c1-3-5-7-8-9-10-11-12-13-14-15-16-17-18-22-25-28-31-35-39-51(60)69-43-46(72-52(61)40-36-32-29-26-23-20-19-21-24-27-30-34-38-48-47(73-48)37-33-6-4-2)44-70-76(65,66)75-77(67,68)71-45-49-53(62)54(63)55(74-49)59-42-41-50(57)58-56(59)64/h6,9-10,12-13,15-16,18,20-24,28-34,41-42,46-49,53-55,62-63H,3-5,7-8,11,14,17,19,25-27,35-40,43-45H2,1-2H3,(H,65,66)(H,67,68)(H2,57,58,64)/b10-9-,13-12-,16-15-,22-18-,23-20-,24-21-,31-28-,32-29-,33-6-,34-30-/t46-,47?,48?,49-,53-,54-,55-/m1/s1. The summed E-state index contributed by atoms with van der Waals surface area (Å²) in [5.74, 6) is -1.52. The van der Waals surface area contributed by atoms with Gasteiger partial charge in [-0.15, -0.1) is 0 Å². The number of nitrogens with zero attached hydrogens (tertiary/aromatic N) is 2. The number of epoxide rings is 1. The summed E-state index contributed by atoms with van der Waals surface area (Å²) >= 11 is 0. The van der Waals surface area contributed by atoms with Gasteiger partial charge in [0.05, 0.1) is 25.4 Å². The number of hydrogen-bond donors (Lipinski definition) is 5. The normalized spacial score (nSPS) is 22.2. The van der Waals surface area contributed by atoms with Crippen molar-refractivity contribution in [1.82, 2.24) is 9.55 Å². The Morgan fingerprint density at radius 1 is 0.649 bits per heavy atom. The van der Waals surface area contributed by atoms with Crippen LogP contribution in [-0.4, -0.2) is 97.9 Å². The van der Waals surface area contributed by atoms with Crippen LogP contribution < -0.4 is 11.4 Å². The predicted octanol–water partition coefficient (Wildman–Crippen LogP) is 10.5. The molecule has 2 aliphatic rings. The molecule has 0 radical (unpaired) electrons. The van der Waals surface area contributed by atoms with Crippen LogP contribution in [-0.2, 0) is 51.0 Å². The van der Waals surface area contributed by atoms with Crippen LogP contribution in [0.25, 0.3) is 0 Å². The maximum atomic E-state index is 12.9. The Balaban J connectivity index is 1.43. The van der Waals surface area contributed by atoms with E-state index in [2.05, 4.69) is 102 Å². The van der Waals surface area contributed by atoms with Gasteiger partial charge >= 0.3 is 33.3 Å². The largest absolute Gasteiger partial charge is 0.481 e. The van der Waals surface area contributed by atoms with E-state index in [0.29, 0.717) is 37.9 Å². The number of ether oxygens (including phenoxy) is 4. The van der Waals surface area contributed by atoms with E-state index in [0.717, 1.165) is 68.6 Å². The molecule has 77 heavy (non-hydrogen) atoms. The molecule has 3 rings (SSSR count). The van der Waals surface area contributed by atoms with Crippen molar-refractivity contribution < 1.29 is 71.0 Å². The summed E-state index contributed by atoms with van der Waals surface area (Å²) in [6.07, 6.45) is 49.2. The lowest BCUT2D eigenvalue weighted by Crippen LogP contribution is -2.36. The van der Waals surface area contributed by atoms with E-state index in [1.165, 1.54) is 25.3 Å². The quantitative estimate of drug-likeness (QED) is 0.0134. The van der Waals surface area contributed by atoms with Crippen LogP contribution in [0, 0.1) is 0 Å². The smallest absolute Gasteiger partial charge is 0.462 e. The van der Waals surface area contributed by atoms with E-state index in [4.69, 9.17) is 33.7 Å². The van der Waals surface area contributed by atoms with E-state index in [-0.39, 0.29) is 18.7 Å². The van der Waals surface area contributed by atoms with Crippen molar-refractivity contribution in [3.05, 3.63) is 144 Å². The van der Waals surface area contributed by atoms with Crippen molar-refractivity contribution in [1.29, 1.82) is 0 Å². The Hall–Kier alpha value is -4.88. The maximum Gasteiger partial charge on any atom is 0.481 e. The van der Waals surface area contributed by atoms with Gasteiger partial charge in [0.2, 0.25) is 0 Å². The molecule has 0 amide bonds. The first-order valence-electron chi connectivity index (χ1n) is 26.7. The second-order valence-corrected chi connectivity index (χ2v) is 21.1. The minimum absolute atomic E-state index is 0.0222. The van der Waals surface area contributed by atoms with Gasteiger partial charge in [-0.3, -0.25) is 23.2 Å². The lowest BCUT2D eigenvalue weighted by molar-refractivity contribution is -0.161. The number of unbranched alkanes of at least 4 members (excludes halogenated alkanes) is 3. The zero-order valence-corrected chi connectivity index (χ0v) is 46.4. The average Bonchev–Trinajstić information content (AvgIpc) is 4.09. The number of aliphatic hydroxyl groups excluding tert-OH is 2. The second kappa shape index (κ2) is 39.5. The highest BCUT2D eigenvalue weighted by molar-refractivity contribution is 7.61. The number of rotatable bonds is 41. The van der Waals surface area contributed by atoms with Gasteiger partial charge in [-0.05, 0) is 96.0 Å². The van der Waals surface area contributed by atoms with Crippen molar-refractivity contribution in [2.45, 2.75) is 172 Å². The fourth-order valence-electron chi connectivity index (χ4n) is 7.24. The van der Waals surface area contributed by atoms with Gasteiger partial charge in [-0.25, -0.2) is 13.9 Å². The molecule has 1 aromatic heterocycles. The SMILES string of the molecule is CC/C=C\CC1OC1C/C=C\C/C=C\C/C=C\C/C=C\CCC(=O)O[C@H](COC(=O)CC/C=C\C/C=C\C/C=C\C/C=C\C/C=C\CCCCC)COP(=O)(O)OP(=O)(O)OC[C@H]1O[C@@H](n2ccc(N)nc2=O)[C@H](O)[C@@H]1O. The number of aromatic nitrogens is 2. The summed E-state index contributed by atoms with van der Waals surface area (Å²) in [4.78, 5) is 62.0. The van der Waals surface area contributed by atoms with Crippen LogP contribution in [0.15, 0.2) is 139 Å². The zero-order chi connectivity index (χ0) is 56.0. The van der Waals surface area contributed by atoms with Crippen molar-refractivity contribution in [3.63, 3.8) is 0 Å². The minimum atomic E-state index is -5.47. The first kappa shape index (κ1) is 66.4. The van der Waals surface area contributed by atoms with Crippen LogP contribution in [0.2, 0.25) is 0 Å². The number of carbonyl (C=O) groups is 2. The van der Waals surface area contributed by atoms with Crippen LogP contribution >= 0.6 is 15.6 Å². The summed E-state index contributed by atoms with van der Waals surface area (Å²) in [5.41, 5.74) is 4.58. The monoisotopic (exact) mass is 1120 g/mol. The Bertz CT molecular complexity index is 2340. The highest BCUT2D eigenvalue weighted by Gasteiger charge is 2.46. The molecule has 1 aromatic rings. The number of hydrogen-bond acceptors (Lipinski definition) is 16. The molecular formula is C56H83N3O16P2. The third-order valence-corrected chi connectivity index (χ3v) is 14.1. The number of phosphoric acid groups is 2. The molecule has 2 saturated heterocycles. The van der Waals surface area contributed by atoms with Crippen LogP contribution in [0.1, 0.15) is 136 Å². The lowest BCUT2D eigenvalue weighted by atomic mass is 10.1. The summed E-state index contributed by atoms with van der Waals surface area (Å²) in [6.45, 7) is 1.85. The molecule has 0 aromatic carbocycles. The number of allylic oxidation sites excluding steroid dienone is 18. The van der Waals surface area contributed by atoms with Crippen LogP contribution in [0.5, 0.6) is 0 Å². The third-order valence-electron chi connectivity index (χ3n) is 11.5. The maximum absolute atomic E-state index is 12.9. The fourth-order valence-corrected chi connectivity index (χ4v) is 9.35. The molecule has 0 bridgehead atoms. The lowest BCUT2D eigenvalue weighted by Gasteiger charge is -2.21. The fraction of sp³-hybridized carbons (Fsp3) is 0.536. The number of nitrogens with two attached hydrogens (primary N) is 1. The molecule has 0 aliphatic carbocycles. The predicted molar refractivity (Wildman–Crippen MR) is 297 cm³/mol. The highest BCUT2D eigenvalue weighted by Crippen LogP contribution is 2.60. The molecule has 4 unspecified atom stereocenters. The first-order valence-corrected chi connectivity index (χ1v) is 29.7. The number of carbonyl (C=O) groups excluding carboxylic acids is 2. The molecule has 2 aliphatic heterocycles. The van der Waals surface area contributed by atoms with Crippen molar-refractivity contribution in [2.24, 2.45) is 0 Å². The van der Waals surface area contributed by atoms with E-state index < -0.39 is 83.7 Å². The van der Waals surface area contributed by atoms with Gasteiger partial charge in [-0.1, -0.05) is 148 Å². The van der Waals surface area contributed by atoms with E-state index >= 15 is 0 Å². The molecule has 2 fully saturated rings. The van der Waals surface area contributed by atoms with Gasteiger partial charge in [0.15, 0.2) is 12.3 Å². The summed E-state index contributed by atoms with van der Waals surface area (Å²) in [6, 6.07) is 1.24. The van der Waals surface area contributed by atoms with Gasteiger partial charge < -0.3 is 44.7 Å². The van der Waals surface area contributed by atoms with Gasteiger partial charge in [0.25, 0.3) is 0 Å². The average molecular weight is 1120 g/mol. The molecule has 9 atom stereocenters.